The van der Waals surface area contributed by atoms with Crippen molar-refractivity contribution in [2.24, 2.45) is 4.99 Å². The molecule has 0 radical (unpaired) electrons. The van der Waals surface area contributed by atoms with Gasteiger partial charge < -0.3 is 19.3 Å². The van der Waals surface area contributed by atoms with Crippen molar-refractivity contribution in [2.75, 3.05) is 20.8 Å². The van der Waals surface area contributed by atoms with Crippen LogP contribution in [-0.2, 0) is 16.0 Å². The summed E-state index contributed by atoms with van der Waals surface area (Å²) in [4.78, 5) is 31.8. The summed E-state index contributed by atoms with van der Waals surface area (Å²) in [5.74, 6) is 0.479. The molecule has 1 atom stereocenters. The molecule has 8 nitrogen and oxygen atoms in total. The van der Waals surface area contributed by atoms with Crippen molar-refractivity contribution in [2.45, 2.75) is 26.3 Å². The molecule has 1 aromatic heterocycles. The van der Waals surface area contributed by atoms with E-state index in [0.717, 1.165) is 5.56 Å². The maximum Gasteiger partial charge on any atom is 0.338 e. The minimum absolute atomic E-state index is 0.0372. The second kappa shape index (κ2) is 10.9. The Kier molecular flexibility index (Phi) is 7.63. The Morgan fingerprint density at radius 2 is 1.95 bits per heavy atom. The maximum absolute atomic E-state index is 13.8. The van der Waals surface area contributed by atoms with E-state index in [4.69, 9.17) is 14.2 Å². The van der Waals surface area contributed by atoms with Gasteiger partial charge in [-0.3, -0.25) is 9.36 Å². The summed E-state index contributed by atoms with van der Waals surface area (Å²) in [5.41, 5.74) is 2.54. The molecule has 0 bridgehead atoms. The molecular formula is C28H28N2O6S. The fraction of sp³-hybridized carbons (Fsp3) is 0.250. The average Bonchev–Trinajstić information content (AvgIpc) is 3.19. The number of thiazole rings is 1. The molecule has 0 aliphatic carbocycles. The number of aromatic hydroxyl groups is 1. The fourth-order valence-corrected chi connectivity index (χ4v) is 5.33. The second-order valence-electron chi connectivity index (χ2n) is 8.30. The number of fused-ring (bicyclic) bond motifs is 1. The number of nitrogens with zero attached hydrogens (tertiary/aromatic N) is 2. The van der Waals surface area contributed by atoms with Gasteiger partial charge in [0, 0.05) is 5.56 Å². The van der Waals surface area contributed by atoms with Gasteiger partial charge in [-0.2, -0.15) is 0 Å². The van der Waals surface area contributed by atoms with E-state index in [9.17, 15) is 14.7 Å². The maximum atomic E-state index is 13.8. The molecule has 1 aliphatic heterocycles. The molecule has 192 valence electrons. The van der Waals surface area contributed by atoms with Crippen LogP contribution in [0, 0.1) is 0 Å². The summed E-state index contributed by atoms with van der Waals surface area (Å²) in [6, 6.07) is 9.95. The van der Waals surface area contributed by atoms with Crippen molar-refractivity contribution in [3.63, 3.8) is 0 Å². The molecule has 0 saturated carbocycles. The van der Waals surface area contributed by atoms with E-state index < -0.39 is 12.0 Å². The van der Waals surface area contributed by atoms with E-state index in [0.29, 0.717) is 49.7 Å². The van der Waals surface area contributed by atoms with Crippen molar-refractivity contribution < 1.29 is 24.1 Å². The standard InChI is InChI=1S/C28H28N2O6S/c1-6-8-19-13-17(14-21(35-5)25(19)31)15-22-26(32)30-24(18-9-11-20(34-4)12-10-18)23(27(33)36-7-2)16(3)29-28(30)37-22/h6,9-15,24,31H,1,7-8H2,2-5H3/b22-15+/t24-/m1/s1. The molecule has 0 spiro atoms. The Labute approximate surface area is 218 Å². The van der Waals surface area contributed by atoms with Crippen molar-refractivity contribution in [3.8, 4) is 17.2 Å². The normalized spacial score (nSPS) is 15.1. The molecule has 9 heteroatoms. The Morgan fingerprint density at radius 3 is 2.57 bits per heavy atom. The molecule has 1 aliphatic rings. The van der Waals surface area contributed by atoms with Crippen molar-refractivity contribution >= 4 is 23.4 Å². The number of carbonyl (C=O) groups is 1. The van der Waals surface area contributed by atoms with Gasteiger partial charge in [-0.15, -0.1) is 6.58 Å². The summed E-state index contributed by atoms with van der Waals surface area (Å²) in [7, 11) is 3.05. The number of aromatic nitrogens is 1. The number of hydrogen-bond acceptors (Lipinski definition) is 8. The van der Waals surface area contributed by atoms with Crippen LogP contribution >= 0.6 is 11.3 Å². The number of carbonyl (C=O) groups excluding carboxylic acids is 1. The van der Waals surface area contributed by atoms with Gasteiger partial charge >= 0.3 is 5.97 Å². The Morgan fingerprint density at radius 1 is 1.22 bits per heavy atom. The average molecular weight is 521 g/mol. The largest absolute Gasteiger partial charge is 0.504 e. The molecule has 2 aromatic carbocycles. The van der Waals surface area contributed by atoms with Crippen LogP contribution in [-0.4, -0.2) is 36.5 Å². The molecule has 4 rings (SSSR count). The van der Waals surface area contributed by atoms with Gasteiger partial charge in [0.1, 0.15) is 5.75 Å². The smallest absolute Gasteiger partial charge is 0.338 e. The summed E-state index contributed by atoms with van der Waals surface area (Å²) in [5, 5.41) is 10.4. The molecule has 1 N–H and O–H groups in total. The van der Waals surface area contributed by atoms with Gasteiger partial charge in [0.25, 0.3) is 5.56 Å². The summed E-state index contributed by atoms with van der Waals surface area (Å²) < 4.78 is 17.9. The van der Waals surface area contributed by atoms with E-state index in [1.807, 2.05) is 12.1 Å². The highest BCUT2D eigenvalue weighted by molar-refractivity contribution is 7.07. The van der Waals surface area contributed by atoms with Crippen molar-refractivity contribution in [1.82, 2.24) is 4.57 Å². The molecule has 0 unspecified atom stereocenters. The Balaban J connectivity index is 1.94. The third-order valence-electron chi connectivity index (χ3n) is 6.01. The van der Waals surface area contributed by atoms with Crippen LogP contribution in [0.1, 0.15) is 36.6 Å². The SMILES string of the molecule is C=CCc1cc(/C=c2/sc3n(c2=O)[C@H](c2ccc(OC)cc2)C(C(=O)OCC)=C(C)N=3)cc(OC)c1O. The molecule has 0 fully saturated rings. The lowest BCUT2D eigenvalue weighted by Crippen LogP contribution is -2.39. The van der Waals surface area contributed by atoms with Crippen LogP contribution in [0.4, 0.5) is 0 Å². The molecule has 3 aromatic rings. The highest BCUT2D eigenvalue weighted by Crippen LogP contribution is 2.33. The summed E-state index contributed by atoms with van der Waals surface area (Å²) in [6.07, 6.45) is 3.85. The van der Waals surface area contributed by atoms with Crippen LogP contribution in [0.3, 0.4) is 0 Å². The zero-order chi connectivity index (χ0) is 26.7. The quantitative estimate of drug-likeness (QED) is 0.362. The van der Waals surface area contributed by atoms with Gasteiger partial charge in [0.2, 0.25) is 0 Å². The van der Waals surface area contributed by atoms with E-state index in [1.165, 1.54) is 23.0 Å². The number of esters is 1. The van der Waals surface area contributed by atoms with E-state index in [2.05, 4.69) is 11.6 Å². The van der Waals surface area contributed by atoms with Crippen LogP contribution in [0.5, 0.6) is 17.2 Å². The van der Waals surface area contributed by atoms with Gasteiger partial charge in [-0.1, -0.05) is 29.5 Å². The lowest BCUT2D eigenvalue weighted by atomic mass is 9.96. The zero-order valence-corrected chi connectivity index (χ0v) is 21.9. The number of phenolic OH excluding ortho intramolecular Hbond substituents is 1. The number of ether oxygens (including phenoxy) is 3. The molecular weight excluding hydrogens is 492 g/mol. The summed E-state index contributed by atoms with van der Waals surface area (Å²) >= 11 is 1.22. The number of methoxy groups -OCH3 is 2. The summed E-state index contributed by atoms with van der Waals surface area (Å²) in [6.45, 7) is 7.41. The van der Waals surface area contributed by atoms with Crippen molar-refractivity contribution in [3.05, 3.63) is 96.7 Å². The van der Waals surface area contributed by atoms with Crippen LogP contribution in [0.2, 0.25) is 0 Å². The number of phenols is 1. The van der Waals surface area contributed by atoms with E-state index in [1.54, 1.807) is 57.4 Å². The Hall–Kier alpha value is -4.11. The molecule has 0 saturated heterocycles. The van der Waals surface area contributed by atoms with E-state index >= 15 is 0 Å². The Bertz CT molecular complexity index is 1560. The minimum Gasteiger partial charge on any atom is -0.504 e. The highest BCUT2D eigenvalue weighted by atomic mass is 32.1. The lowest BCUT2D eigenvalue weighted by molar-refractivity contribution is -0.139. The third kappa shape index (κ3) is 4.95. The van der Waals surface area contributed by atoms with Crippen LogP contribution in [0.15, 0.2) is 70.1 Å². The first-order valence-corrected chi connectivity index (χ1v) is 12.5. The zero-order valence-electron chi connectivity index (χ0n) is 21.1. The number of allylic oxidation sites excluding steroid dienone is 2. The lowest BCUT2D eigenvalue weighted by Gasteiger charge is -2.24. The highest BCUT2D eigenvalue weighted by Gasteiger charge is 2.33. The topological polar surface area (TPSA) is 99.4 Å². The third-order valence-corrected chi connectivity index (χ3v) is 6.99. The molecule has 0 amide bonds. The second-order valence-corrected chi connectivity index (χ2v) is 9.31. The van der Waals surface area contributed by atoms with Gasteiger partial charge in [0.05, 0.1) is 42.7 Å². The predicted molar refractivity (Wildman–Crippen MR) is 142 cm³/mol. The monoisotopic (exact) mass is 520 g/mol. The van der Waals surface area contributed by atoms with E-state index in [-0.39, 0.29) is 17.9 Å². The van der Waals surface area contributed by atoms with Gasteiger partial charge in [-0.25, -0.2) is 9.79 Å². The first kappa shape index (κ1) is 26.0. The fourth-order valence-electron chi connectivity index (χ4n) is 4.28. The van der Waals surface area contributed by atoms with Gasteiger partial charge in [0.15, 0.2) is 16.3 Å². The van der Waals surface area contributed by atoms with Gasteiger partial charge in [-0.05, 0) is 61.7 Å². The first-order valence-electron chi connectivity index (χ1n) is 11.7. The predicted octanol–water partition coefficient (Wildman–Crippen LogP) is 3.25. The van der Waals surface area contributed by atoms with Crippen LogP contribution < -0.4 is 24.4 Å². The number of benzene rings is 2. The minimum atomic E-state index is -0.714. The van der Waals surface area contributed by atoms with Crippen LogP contribution in [0.25, 0.3) is 6.08 Å². The molecule has 37 heavy (non-hydrogen) atoms. The number of hydrogen-bond donors (Lipinski definition) is 1. The number of rotatable bonds is 8. The first-order chi connectivity index (χ1) is 17.8. The molecule has 2 heterocycles. The van der Waals surface area contributed by atoms with Crippen molar-refractivity contribution in [1.29, 1.82) is 0 Å².